The number of halogens is 5. The summed E-state index contributed by atoms with van der Waals surface area (Å²) in [6, 6.07) is 10.7. The van der Waals surface area contributed by atoms with Crippen LogP contribution in [0.4, 0.5) is 13.2 Å². The van der Waals surface area contributed by atoms with E-state index in [0.29, 0.717) is 47.4 Å². The number of aromatic nitrogens is 4. The van der Waals surface area contributed by atoms with E-state index in [-0.39, 0.29) is 43.5 Å². The number of pyridine rings is 2. The minimum atomic E-state index is -4.46. The van der Waals surface area contributed by atoms with E-state index in [9.17, 15) is 13.2 Å². The molecule has 3 aromatic heterocycles. The molecule has 2 unspecified atom stereocenters. The number of nitrogens with zero attached hydrogens (tertiary/aromatic N) is 5. The first-order chi connectivity index (χ1) is 17.2. The molecule has 2 atom stereocenters. The van der Waals surface area contributed by atoms with Crippen molar-refractivity contribution in [3.8, 4) is 17.3 Å². The van der Waals surface area contributed by atoms with Crippen LogP contribution in [0, 0.1) is 5.92 Å². The van der Waals surface area contributed by atoms with E-state index in [4.69, 9.17) is 15.5 Å². The van der Waals surface area contributed by atoms with Crippen LogP contribution >= 0.6 is 24.8 Å². The van der Waals surface area contributed by atoms with E-state index in [1.807, 2.05) is 24.3 Å². The Bertz CT molecular complexity index is 1440. The maximum absolute atomic E-state index is 14.3. The van der Waals surface area contributed by atoms with Gasteiger partial charge in [0.25, 0.3) is 0 Å². The zero-order chi connectivity index (χ0) is 25.1. The number of likely N-dealkylation sites (tertiary alicyclic amines) is 1. The molecule has 4 heterocycles. The summed E-state index contributed by atoms with van der Waals surface area (Å²) in [5, 5.41) is 9.35. The van der Waals surface area contributed by atoms with E-state index in [1.165, 1.54) is 30.0 Å². The lowest BCUT2D eigenvalue weighted by Crippen LogP contribution is -2.43. The number of hydrogen-bond donors (Lipinski definition) is 1. The highest BCUT2D eigenvalue weighted by Gasteiger charge is 2.48. The molecule has 2 N–H and O–H groups in total. The summed E-state index contributed by atoms with van der Waals surface area (Å²) < 4.78 is 50.4. The number of nitrogens with two attached hydrogens (primary N) is 1. The lowest BCUT2D eigenvalue weighted by atomic mass is 10.0. The van der Waals surface area contributed by atoms with Gasteiger partial charge in [-0.3, -0.25) is 9.30 Å². The van der Waals surface area contributed by atoms with E-state index in [0.717, 1.165) is 5.39 Å². The van der Waals surface area contributed by atoms with Crippen LogP contribution in [0.25, 0.3) is 28.1 Å². The minimum Gasteiger partial charge on any atom is -0.491 e. The smallest absolute Gasteiger partial charge is 0.408 e. The maximum atomic E-state index is 14.3. The molecule has 1 aliphatic heterocycles. The summed E-state index contributed by atoms with van der Waals surface area (Å²) in [5.74, 6) is 1.65. The van der Waals surface area contributed by atoms with Crippen LogP contribution < -0.4 is 10.5 Å². The van der Waals surface area contributed by atoms with Gasteiger partial charge in [0.05, 0.1) is 6.61 Å². The Balaban J connectivity index is 0.00000168. The van der Waals surface area contributed by atoms with Crippen LogP contribution in [0.1, 0.15) is 37.8 Å². The second kappa shape index (κ2) is 10.5. The average molecular weight is 569 g/mol. The molecule has 204 valence electrons. The average Bonchev–Trinajstić information content (AvgIpc) is 3.46. The highest BCUT2D eigenvalue weighted by molar-refractivity contribution is 5.86. The molecule has 1 saturated carbocycles. The van der Waals surface area contributed by atoms with Crippen molar-refractivity contribution in [1.29, 1.82) is 0 Å². The SMILES string of the molecule is CC1(N)CCN(C(c2ccc3nnc(-c4ccc5cccc(OCC6CC6)c5n4)n3c2)C(F)(F)F)C1.Cl.Cl. The quantitative estimate of drug-likeness (QED) is 0.326. The molecule has 12 heteroatoms. The molecule has 0 radical (unpaired) electrons. The largest absolute Gasteiger partial charge is 0.491 e. The molecule has 2 aliphatic rings. The Hall–Kier alpha value is -2.66. The van der Waals surface area contributed by atoms with Crippen molar-refractivity contribution in [2.45, 2.75) is 43.9 Å². The van der Waals surface area contributed by atoms with Gasteiger partial charge in [0, 0.05) is 30.2 Å². The molecule has 1 aliphatic carbocycles. The second-order valence-electron chi connectivity index (χ2n) is 10.3. The van der Waals surface area contributed by atoms with Crippen molar-refractivity contribution in [2.75, 3.05) is 19.7 Å². The predicted octanol–water partition coefficient (Wildman–Crippen LogP) is 5.60. The summed E-state index contributed by atoms with van der Waals surface area (Å²) in [7, 11) is 0. The van der Waals surface area contributed by atoms with Gasteiger partial charge >= 0.3 is 6.18 Å². The first-order valence-corrected chi connectivity index (χ1v) is 12.2. The summed E-state index contributed by atoms with van der Waals surface area (Å²) >= 11 is 0. The highest BCUT2D eigenvalue weighted by Crippen LogP contribution is 2.41. The fourth-order valence-electron chi connectivity index (χ4n) is 4.94. The fourth-order valence-corrected chi connectivity index (χ4v) is 4.94. The van der Waals surface area contributed by atoms with E-state index in [1.54, 1.807) is 23.5 Å². The summed E-state index contributed by atoms with van der Waals surface area (Å²) in [5.41, 5.74) is 7.26. The Kier molecular flexibility index (Phi) is 7.82. The topological polar surface area (TPSA) is 81.6 Å². The van der Waals surface area contributed by atoms with Crippen molar-refractivity contribution in [1.82, 2.24) is 24.5 Å². The number of hydrogen-bond acceptors (Lipinski definition) is 6. The van der Waals surface area contributed by atoms with Gasteiger partial charge in [-0.2, -0.15) is 13.2 Å². The van der Waals surface area contributed by atoms with Crippen LogP contribution in [-0.2, 0) is 0 Å². The van der Waals surface area contributed by atoms with Gasteiger partial charge in [-0.15, -0.1) is 35.0 Å². The number of para-hydroxylation sites is 1. The first-order valence-electron chi connectivity index (χ1n) is 12.2. The van der Waals surface area contributed by atoms with Crippen LogP contribution in [-0.4, -0.2) is 55.9 Å². The third kappa shape index (κ3) is 5.54. The van der Waals surface area contributed by atoms with Gasteiger partial charge in [0.15, 0.2) is 11.5 Å². The molecule has 7 nitrogen and oxygen atoms in total. The lowest BCUT2D eigenvalue weighted by molar-refractivity contribution is -0.184. The minimum absolute atomic E-state index is 0. The molecule has 6 rings (SSSR count). The number of fused-ring (bicyclic) bond motifs is 2. The first kappa shape index (κ1) is 28.4. The molecular weight excluding hydrogens is 540 g/mol. The molecule has 1 saturated heterocycles. The molecule has 4 aromatic rings. The molecular formula is C26H29Cl2F3N6O. The number of alkyl halides is 3. The molecule has 1 aromatic carbocycles. The standard InChI is InChI=1S/C26H27F3N6O.2ClH/c1-25(30)11-12-34(15-25)23(26(27,28)29)18-8-10-21-32-33-24(35(21)13-18)19-9-7-17-3-2-4-20(22(17)31-19)36-14-16-5-6-16;;/h2-4,7-10,13,16,23H,5-6,11-12,14-15,30H2,1H3;2*1H. The van der Waals surface area contributed by atoms with Crippen molar-refractivity contribution in [3.63, 3.8) is 0 Å². The highest BCUT2D eigenvalue weighted by atomic mass is 35.5. The molecule has 38 heavy (non-hydrogen) atoms. The fraction of sp³-hybridized carbons (Fsp3) is 0.423. The maximum Gasteiger partial charge on any atom is 0.408 e. The van der Waals surface area contributed by atoms with Crippen LogP contribution in [0.2, 0.25) is 0 Å². The predicted molar refractivity (Wildman–Crippen MR) is 144 cm³/mol. The van der Waals surface area contributed by atoms with Gasteiger partial charge in [-0.1, -0.05) is 24.3 Å². The third-order valence-electron chi connectivity index (χ3n) is 7.03. The van der Waals surface area contributed by atoms with Gasteiger partial charge < -0.3 is 10.5 Å². The second-order valence-corrected chi connectivity index (χ2v) is 10.3. The monoisotopic (exact) mass is 568 g/mol. The van der Waals surface area contributed by atoms with Crippen LogP contribution in [0.3, 0.4) is 0 Å². The normalized spacial score (nSPS) is 20.8. The van der Waals surface area contributed by atoms with Crippen molar-refractivity contribution in [2.24, 2.45) is 11.7 Å². The van der Waals surface area contributed by atoms with Gasteiger partial charge in [-0.25, -0.2) is 4.98 Å². The van der Waals surface area contributed by atoms with Crippen molar-refractivity contribution in [3.05, 3.63) is 54.2 Å². The molecule has 2 fully saturated rings. The molecule has 0 spiro atoms. The van der Waals surface area contributed by atoms with E-state index in [2.05, 4.69) is 10.2 Å². The summed E-state index contributed by atoms with van der Waals surface area (Å²) in [4.78, 5) is 6.19. The number of rotatable bonds is 6. The van der Waals surface area contributed by atoms with Crippen LogP contribution in [0.5, 0.6) is 5.75 Å². The lowest BCUT2D eigenvalue weighted by Gasteiger charge is -2.31. The molecule has 0 amide bonds. The summed E-state index contributed by atoms with van der Waals surface area (Å²) in [6.45, 7) is 2.88. The zero-order valence-corrected chi connectivity index (χ0v) is 22.3. The van der Waals surface area contributed by atoms with E-state index < -0.39 is 17.8 Å². The number of benzene rings is 1. The van der Waals surface area contributed by atoms with Crippen molar-refractivity contribution >= 4 is 41.4 Å². The van der Waals surface area contributed by atoms with Gasteiger partial charge in [-0.05, 0) is 55.9 Å². The number of ether oxygens (including phenoxy) is 1. The van der Waals surface area contributed by atoms with E-state index >= 15 is 0 Å². The zero-order valence-electron chi connectivity index (χ0n) is 20.7. The Morgan fingerprint density at radius 1 is 1.11 bits per heavy atom. The van der Waals surface area contributed by atoms with Crippen LogP contribution in [0.15, 0.2) is 48.7 Å². The van der Waals surface area contributed by atoms with Gasteiger partial charge in [0.1, 0.15) is 23.0 Å². The Labute approximate surface area is 230 Å². The third-order valence-corrected chi connectivity index (χ3v) is 7.03. The Morgan fingerprint density at radius 3 is 2.58 bits per heavy atom. The van der Waals surface area contributed by atoms with Gasteiger partial charge in [0.2, 0.25) is 0 Å². The Morgan fingerprint density at radius 2 is 1.89 bits per heavy atom. The molecule has 0 bridgehead atoms. The summed E-state index contributed by atoms with van der Waals surface area (Å²) in [6.07, 6.45) is -0.129. The van der Waals surface area contributed by atoms with Crippen molar-refractivity contribution < 1.29 is 17.9 Å².